The van der Waals surface area contributed by atoms with Crippen LogP contribution in [0.2, 0.25) is 0 Å². The Labute approximate surface area is 189 Å². The van der Waals surface area contributed by atoms with Crippen LogP contribution in [-0.2, 0) is 16.0 Å². The van der Waals surface area contributed by atoms with Gasteiger partial charge in [0.05, 0.1) is 34.5 Å². The maximum absolute atomic E-state index is 10.3. The van der Waals surface area contributed by atoms with E-state index in [1.165, 1.54) is 9.77 Å². The van der Waals surface area contributed by atoms with Gasteiger partial charge in [-0.15, -0.1) is 22.7 Å². The second-order valence-corrected chi connectivity index (χ2v) is 9.81. The summed E-state index contributed by atoms with van der Waals surface area (Å²) in [6.07, 6.45) is 1.44. The lowest BCUT2D eigenvalue weighted by molar-refractivity contribution is -0.107. The number of thiazole rings is 2. The standard InChI is InChI=1S/C12H15NO2S.C9H11N3S2/c14-8-5-11-1-3-12(4-2-11)16-13-6-9-15-10-7-13;1-5-8(14-6(2)11-5)7-4-13-9(10-3)12-7/h1-4,8H,5-7,9-10H2;4H,1-3H3,(H,10,12). The Hall–Kier alpha value is -1.78. The molecular formula is C21H26N4O2S3. The Balaban J connectivity index is 0.000000172. The van der Waals surface area contributed by atoms with Crippen LogP contribution in [0.15, 0.2) is 34.5 Å². The van der Waals surface area contributed by atoms with Crippen LogP contribution in [0.3, 0.4) is 0 Å². The van der Waals surface area contributed by atoms with Crippen LogP contribution in [0, 0.1) is 13.8 Å². The van der Waals surface area contributed by atoms with Crippen molar-refractivity contribution in [3.63, 3.8) is 0 Å². The van der Waals surface area contributed by atoms with Crippen LogP contribution < -0.4 is 5.32 Å². The van der Waals surface area contributed by atoms with Crippen molar-refractivity contribution in [2.45, 2.75) is 25.2 Å². The van der Waals surface area contributed by atoms with E-state index in [0.29, 0.717) is 6.42 Å². The van der Waals surface area contributed by atoms with E-state index in [1.807, 2.05) is 33.0 Å². The minimum Gasteiger partial charge on any atom is -0.379 e. The van der Waals surface area contributed by atoms with Gasteiger partial charge in [0, 0.05) is 36.8 Å². The average molecular weight is 463 g/mol. The molecule has 1 aromatic carbocycles. The number of benzene rings is 1. The van der Waals surface area contributed by atoms with E-state index in [-0.39, 0.29) is 0 Å². The van der Waals surface area contributed by atoms with Gasteiger partial charge >= 0.3 is 0 Å². The van der Waals surface area contributed by atoms with Crippen molar-refractivity contribution in [3.05, 3.63) is 45.9 Å². The van der Waals surface area contributed by atoms with Gasteiger partial charge in [-0.05, 0) is 43.5 Å². The quantitative estimate of drug-likeness (QED) is 0.421. The first-order valence-electron chi connectivity index (χ1n) is 9.70. The first kappa shape index (κ1) is 22.9. The molecule has 0 aliphatic carbocycles. The fourth-order valence-corrected chi connectivity index (χ4v) is 5.34. The average Bonchev–Trinajstić information content (AvgIpc) is 3.36. The number of anilines is 1. The smallest absolute Gasteiger partial charge is 0.182 e. The molecular weight excluding hydrogens is 436 g/mol. The van der Waals surface area contributed by atoms with Crippen molar-refractivity contribution in [2.24, 2.45) is 0 Å². The number of carbonyl (C=O) groups excluding carboxylic acids is 1. The topological polar surface area (TPSA) is 67.4 Å². The molecule has 1 fully saturated rings. The molecule has 9 heteroatoms. The first-order chi connectivity index (χ1) is 14.6. The molecule has 0 bridgehead atoms. The molecule has 6 nitrogen and oxygen atoms in total. The third-order valence-electron chi connectivity index (χ3n) is 4.30. The molecule has 0 saturated carbocycles. The summed E-state index contributed by atoms with van der Waals surface area (Å²) in [7, 11) is 1.88. The van der Waals surface area contributed by atoms with Gasteiger partial charge in [-0.1, -0.05) is 12.1 Å². The first-order valence-corrected chi connectivity index (χ1v) is 12.2. The predicted octanol–water partition coefficient (Wildman–Crippen LogP) is 4.69. The maximum Gasteiger partial charge on any atom is 0.182 e. The van der Waals surface area contributed by atoms with Crippen LogP contribution in [0.5, 0.6) is 0 Å². The monoisotopic (exact) mass is 462 g/mol. The molecule has 4 rings (SSSR count). The summed E-state index contributed by atoms with van der Waals surface area (Å²) >= 11 is 5.07. The minimum absolute atomic E-state index is 0.502. The van der Waals surface area contributed by atoms with E-state index in [9.17, 15) is 4.79 Å². The lowest BCUT2D eigenvalue weighted by Crippen LogP contribution is -2.30. The van der Waals surface area contributed by atoms with Crippen molar-refractivity contribution in [2.75, 3.05) is 38.7 Å². The Bertz CT molecular complexity index is 934. The number of aldehydes is 1. The number of hydrogen-bond acceptors (Lipinski definition) is 9. The number of ether oxygens (including phenoxy) is 1. The molecule has 1 N–H and O–H groups in total. The van der Waals surface area contributed by atoms with Crippen molar-refractivity contribution >= 4 is 46.0 Å². The van der Waals surface area contributed by atoms with Crippen molar-refractivity contribution in [3.8, 4) is 10.6 Å². The molecule has 1 aliphatic heterocycles. The zero-order valence-electron chi connectivity index (χ0n) is 17.4. The van der Waals surface area contributed by atoms with Gasteiger partial charge in [0.15, 0.2) is 5.13 Å². The molecule has 3 heterocycles. The summed E-state index contributed by atoms with van der Waals surface area (Å²) in [4.78, 5) is 21.6. The SMILES string of the molecule is CNc1nc(-c2sc(C)nc2C)cs1.O=CCc1ccc(SN2CCOCC2)cc1. The third kappa shape index (κ3) is 6.61. The summed E-state index contributed by atoms with van der Waals surface area (Å²) in [5, 5.41) is 7.14. The molecule has 0 spiro atoms. The van der Waals surface area contributed by atoms with Gasteiger partial charge in [-0.2, -0.15) is 0 Å². The number of aromatic nitrogens is 2. The van der Waals surface area contributed by atoms with Crippen molar-refractivity contribution in [1.82, 2.24) is 14.3 Å². The number of rotatable bonds is 6. The molecule has 1 saturated heterocycles. The lowest BCUT2D eigenvalue weighted by atomic mass is 10.2. The second-order valence-electron chi connectivity index (χ2n) is 6.58. The summed E-state index contributed by atoms with van der Waals surface area (Å²) < 4.78 is 7.60. The minimum atomic E-state index is 0.502. The highest BCUT2D eigenvalue weighted by atomic mass is 32.2. The Morgan fingerprint density at radius 1 is 1.20 bits per heavy atom. The summed E-state index contributed by atoms with van der Waals surface area (Å²) in [5.41, 5.74) is 3.17. The second kappa shape index (κ2) is 11.6. The number of carbonyl (C=O) groups is 1. The van der Waals surface area contributed by atoms with E-state index >= 15 is 0 Å². The van der Waals surface area contributed by atoms with E-state index in [4.69, 9.17) is 4.74 Å². The van der Waals surface area contributed by atoms with Crippen LogP contribution >= 0.6 is 34.6 Å². The zero-order valence-corrected chi connectivity index (χ0v) is 19.8. The van der Waals surface area contributed by atoms with E-state index in [1.54, 1.807) is 34.6 Å². The van der Waals surface area contributed by atoms with E-state index in [0.717, 1.165) is 59.7 Å². The van der Waals surface area contributed by atoms with Crippen LogP contribution in [0.1, 0.15) is 16.3 Å². The van der Waals surface area contributed by atoms with Gasteiger partial charge in [0.1, 0.15) is 6.29 Å². The Kier molecular flexibility index (Phi) is 8.83. The number of aryl methyl sites for hydroxylation is 2. The van der Waals surface area contributed by atoms with E-state index in [2.05, 4.69) is 37.1 Å². The fourth-order valence-electron chi connectivity index (χ4n) is 2.83. The highest BCUT2D eigenvalue weighted by Crippen LogP contribution is 2.31. The normalized spacial score (nSPS) is 14.1. The van der Waals surface area contributed by atoms with Gasteiger partial charge < -0.3 is 14.8 Å². The molecule has 0 radical (unpaired) electrons. The van der Waals surface area contributed by atoms with Gasteiger partial charge in [-0.3, -0.25) is 0 Å². The molecule has 160 valence electrons. The van der Waals surface area contributed by atoms with Gasteiger partial charge in [0.25, 0.3) is 0 Å². The molecule has 0 unspecified atom stereocenters. The highest BCUT2D eigenvalue weighted by molar-refractivity contribution is 7.97. The Morgan fingerprint density at radius 2 is 1.93 bits per heavy atom. The third-order valence-corrected chi connectivity index (χ3v) is 7.36. The summed E-state index contributed by atoms with van der Waals surface area (Å²) in [6.45, 7) is 7.62. The number of nitrogens with one attached hydrogen (secondary N) is 1. The van der Waals surface area contributed by atoms with Crippen molar-refractivity contribution < 1.29 is 9.53 Å². The predicted molar refractivity (Wildman–Crippen MR) is 127 cm³/mol. The Morgan fingerprint density at radius 3 is 2.50 bits per heavy atom. The number of hydrogen-bond donors (Lipinski definition) is 1. The van der Waals surface area contributed by atoms with Crippen LogP contribution in [0.4, 0.5) is 5.13 Å². The number of morpholine rings is 1. The largest absolute Gasteiger partial charge is 0.379 e. The fraction of sp³-hybridized carbons (Fsp3) is 0.381. The van der Waals surface area contributed by atoms with Crippen LogP contribution in [0.25, 0.3) is 10.6 Å². The van der Waals surface area contributed by atoms with Crippen LogP contribution in [-0.4, -0.2) is 53.9 Å². The molecule has 1 aliphatic rings. The summed E-state index contributed by atoms with van der Waals surface area (Å²) in [5.74, 6) is 0. The summed E-state index contributed by atoms with van der Waals surface area (Å²) in [6, 6.07) is 8.16. The molecule has 2 aromatic heterocycles. The zero-order chi connectivity index (χ0) is 21.3. The molecule has 0 atom stereocenters. The van der Waals surface area contributed by atoms with Gasteiger partial charge in [-0.25, -0.2) is 14.3 Å². The van der Waals surface area contributed by atoms with E-state index < -0.39 is 0 Å². The number of nitrogens with zero attached hydrogens (tertiary/aromatic N) is 3. The van der Waals surface area contributed by atoms with Crippen molar-refractivity contribution in [1.29, 1.82) is 0 Å². The molecule has 30 heavy (non-hydrogen) atoms. The van der Waals surface area contributed by atoms with Gasteiger partial charge in [0.2, 0.25) is 0 Å². The molecule has 0 amide bonds. The highest BCUT2D eigenvalue weighted by Gasteiger charge is 2.12. The maximum atomic E-state index is 10.3. The molecule has 3 aromatic rings. The lowest BCUT2D eigenvalue weighted by Gasteiger charge is -2.25.